The lowest BCUT2D eigenvalue weighted by Gasteiger charge is -2.16. The summed E-state index contributed by atoms with van der Waals surface area (Å²) in [5, 5.41) is 11.7. The molecule has 2 N–H and O–H groups in total. The number of carbonyl (C=O) groups excluding carboxylic acids is 1. The summed E-state index contributed by atoms with van der Waals surface area (Å²) >= 11 is 0. The van der Waals surface area contributed by atoms with Gasteiger partial charge in [0.25, 0.3) is 5.91 Å². The molecule has 7 heteroatoms. The molecule has 6 nitrogen and oxygen atoms in total. The van der Waals surface area contributed by atoms with Gasteiger partial charge < -0.3 is 10.4 Å². The number of rotatable bonds is 6. The lowest BCUT2D eigenvalue weighted by molar-refractivity contribution is 0.102. The quantitative estimate of drug-likeness (QED) is 0.824. The maximum absolute atomic E-state index is 12.4. The van der Waals surface area contributed by atoms with Crippen LogP contribution in [0.1, 0.15) is 21.5 Å². The zero-order chi connectivity index (χ0) is 18.6. The summed E-state index contributed by atoms with van der Waals surface area (Å²) in [5.41, 5.74) is 3.08. The van der Waals surface area contributed by atoms with Gasteiger partial charge in [-0.3, -0.25) is 4.79 Å². The minimum Gasteiger partial charge on any atom is -0.395 e. The van der Waals surface area contributed by atoms with Gasteiger partial charge in [-0.05, 0) is 55.3 Å². The predicted octanol–water partition coefficient (Wildman–Crippen LogP) is 2.17. The largest absolute Gasteiger partial charge is 0.395 e. The Balaban J connectivity index is 2.25. The van der Waals surface area contributed by atoms with E-state index in [0.717, 1.165) is 15.4 Å². The maximum Gasteiger partial charge on any atom is 0.255 e. The number of aryl methyl sites for hydroxylation is 2. The van der Waals surface area contributed by atoms with Gasteiger partial charge in [-0.1, -0.05) is 12.1 Å². The van der Waals surface area contributed by atoms with Gasteiger partial charge >= 0.3 is 0 Å². The summed E-state index contributed by atoms with van der Waals surface area (Å²) in [7, 11) is -2.37. The van der Waals surface area contributed by atoms with Gasteiger partial charge in [-0.2, -0.15) is 4.31 Å². The van der Waals surface area contributed by atoms with Crippen LogP contribution >= 0.6 is 0 Å². The SMILES string of the molecule is Cc1ccc(NC(=O)c2cccc(S(=O)(=O)N(C)CCO)c2)cc1C. The van der Waals surface area contributed by atoms with E-state index in [1.165, 1.54) is 25.2 Å². The van der Waals surface area contributed by atoms with Gasteiger partial charge in [-0.15, -0.1) is 0 Å². The molecule has 0 fully saturated rings. The molecular formula is C18H22N2O4S. The third kappa shape index (κ3) is 4.45. The van der Waals surface area contributed by atoms with E-state index < -0.39 is 10.0 Å². The minimum absolute atomic E-state index is 0.0104. The van der Waals surface area contributed by atoms with Crippen LogP contribution in [-0.2, 0) is 10.0 Å². The Labute approximate surface area is 148 Å². The van der Waals surface area contributed by atoms with Crippen LogP contribution < -0.4 is 5.32 Å². The second kappa shape index (κ2) is 7.77. The molecule has 0 radical (unpaired) electrons. The van der Waals surface area contributed by atoms with Gasteiger partial charge in [0.1, 0.15) is 0 Å². The highest BCUT2D eigenvalue weighted by molar-refractivity contribution is 7.89. The molecular weight excluding hydrogens is 340 g/mol. The first kappa shape index (κ1) is 19.1. The van der Waals surface area contributed by atoms with Crippen LogP contribution in [-0.4, -0.2) is 43.9 Å². The number of sulfonamides is 1. The average Bonchev–Trinajstić information content (AvgIpc) is 2.58. The van der Waals surface area contributed by atoms with Gasteiger partial charge in [-0.25, -0.2) is 8.42 Å². The van der Waals surface area contributed by atoms with Crippen molar-refractivity contribution in [3.63, 3.8) is 0 Å². The fourth-order valence-corrected chi connectivity index (χ4v) is 3.47. The molecule has 0 atom stereocenters. The van der Waals surface area contributed by atoms with Crippen molar-refractivity contribution in [2.24, 2.45) is 0 Å². The van der Waals surface area contributed by atoms with Crippen LogP contribution in [0.2, 0.25) is 0 Å². The minimum atomic E-state index is -3.75. The number of nitrogens with zero attached hydrogens (tertiary/aromatic N) is 1. The van der Waals surface area contributed by atoms with Crippen molar-refractivity contribution in [2.75, 3.05) is 25.5 Å². The van der Waals surface area contributed by atoms with E-state index in [0.29, 0.717) is 5.69 Å². The van der Waals surface area contributed by atoms with Crippen LogP contribution in [0.25, 0.3) is 0 Å². The van der Waals surface area contributed by atoms with Crippen molar-refractivity contribution in [3.8, 4) is 0 Å². The molecule has 0 unspecified atom stereocenters. The second-order valence-electron chi connectivity index (χ2n) is 5.83. The highest BCUT2D eigenvalue weighted by Gasteiger charge is 2.21. The van der Waals surface area contributed by atoms with Crippen LogP contribution in [0.4, 0.5) is 5.69 Å². The molecule has 134 valence electrons. The van der Waals surface area contributed by atoms with Crippen molar-refractivity contribution in [1.29, 1.82) is 0 Å². The number of aliphatic hydroxyl groups excluding tert-OH is 1. The molecule has 2 aromatic carbocycles. The van der Waals surface area contributed by atoms with Crippen LogP contribution in [0.5, 0.6) is 0 Å². The monoisotopic (exact) mass is 362 g/mol. The molecule has 0 saturated carbocycles. The Kier molecular flexibility index (Phi) is 5.94. The average molecular weight is 362 g/mol. The number of hydrogen-bond donors (Lipinski definition) is 2. The first-order valence-corrected chi connectivity index (χ1v) is 9.25. The molecule has 1 amide bonds. The highest BCUT2D eigenvalue weighted by Crippen LogP contribution is 2.18. The number of amides is 1. The molecule has 0 saturated heterocycles. The number of benzene rings is 2. The second-order valence-corrected chi connectivity index (χ2v) is 7.88. The molecule has 2 aromatic rings. The van der Waals surface area contributed by atoms with Crippen molar-refractivity contribution in [3.05, 3.63) is 59.2 Å². The van der Waals surface area contributed by atoms with E-state index in [9.17, 15) is 13.2 Å². The topological polar surface area (TPSA) is 86.7 Å². The Morgan fingerprint density at radius 1 is 1.12 bits per heavy atom. The van der Waals surface area contributed by atoms with Crippen LogP contribution in [0, 0.1) is 13.8 Å². The molecule has 2 rings (SSSR count). The maximum atomic E-state index is 12.4. The summed E-state index contributed by atoms with van der Waals surface area (Å²) < 4.78 is 25.9. The van der Waals surface area contributed by atoms with Gasteiger partial charge in [0.15, 0.2) is 0 Å². The molecule has 0 heterocycles. The van der Waals surface area contributed by atoms with Crippen molar-refractivity contribution < 1.29 is 18.3 Å². The van der Waals surface area contributed by atoms with Crippen LogP contribution in [0.3, 0.4) is 0 Å². The van der Waals surface area contributed by atoms with E-state index in [-0.39, 0.29) is 29.5 Å². The third-order valence-electron chi connectivity index (χ3n) is 3.98. The Morgan fingerprint density at radius 3 is 2.48 bits per heavy atom. The van der Waals surface area contributed by atoms with E-state index in [2.05, 4.69) is 5.32 Å². The van der Waals surface area contributed by atoms with E-state index >= 15 is 0 Å². The van der Waals surface area contributed by atoms with E-state index in [1.54, 1.807) is 12.1 Å². The van der Waals surface area contributed by atoms with Gasteiger partial charge in [0.2, 0.25) is 10.0 Å². The number of anilines is 1. The molecule has 0 aliphatic heterocycles. The molecule has 0 aliphatic carbocycles. The number of hydrogen-bond acceptors (Lipinski definition) is 4. The van der Waals surface area contributed by atoms with E-state index in [1.807, 2.05) is 26.0 Å². The zero-order valence-corrected chi connectivity index (χ0v) is 15.3. The molecule has 25 heavy (non-hydrogen) atoms. The highest BCUT2D eigenvalue weighted by atomic mass is 32.2. The van der Waals surface area contributed by atoms with Gasteiger partial charge in [0, 0.05) is 24.8 Å². The van der Waals surface area contributed by atoms with E-state index in [4.69, 9.17) is 5.11 Å². The number of nitrogens with one attached hydrogen (secondary N) is 1. The third-order valence-corrected chi connectivity index (χ3v) is 5.84. The number of likely N-dealkylation sites (N-methyl/N-ethyl adjacent to an activating group) is 1. The zero-order valence-electron chi connectivity index (χ0n) is 14.5. The predicted molar refractivity (Wildman–Crippen MR) is 97.2 cm³/mol. The Morgan fingerprint density at radius 2 is 1.84 bits per heavy atom. The first-order valence-electron chi connectivity index (χ1n) is 7.81. The van der Waals surface area contributed by atoms with Crippen molar-refractivity contribution in [2.45, 2.75) is 18.7 Å². The summed E-state index contributed by atoms with van der Waals surface area (Å²) in [6, 6.07) is 11.4. The smallest absolute Gasteiger partial charge is 0.255 e. The number of aliphatic hydroxyl groups is 1. The lowest BCUT2D eigenvalue weighted by Crippen LogP contribution is -2.29. The Bertz CT molecular complexity index is 878. The fourth-order valence-electron chi connectivity index (χ4n) is 2.26. The molecule has 0 aliphatic rings. The summed E-state index contributed by atoms with van der Waals surface area (Å²) in [6.07, 6.45) is 0. The fraction of sp³-hybridized carbons (Fsp3) is 0.278. The van der Waals surface area contributed by atoms with Gasteiger partial charge in [0.05, 0.1) is 11.5 Å². The normalized spacial score (nSPS) is 11.6. The van der Waals surface area contributed by atoms with Crippen molar-refractivity contribution in [1.82, 2.24) is 4.31 Å². The lowest BCUT2D eigenvalue weighted by atomic mass is 10.1. The molecule has 0 bridgehead atoms. The summed E-state index contributed by atoms with van der Waals surface area (Å²) in [4.78, 5) is 12.4. The standard InChI is InChI=1S/C18H22N2O4S/c1-13-7-8-16(11-14(13)2)19-18(22)15-5-4-6-17(12-15)25(23,24)20(3)9-10-21/h4-8,11-12,21H,9-10H2,1-3H3,(H,19,22). The molecule has 0 aromatic heterocycles. The number of carbonyl (C=O) groups is 1. The Hall–Kier alpha value is -2.22. The summed E-state index contributed by atoms with van der Waals surface area (Å²) in [5.74, 6) is -0.384. The first-order chi connectivity index (χ1) is 11.8. The summed E-state index contributed by atoms with van der Waals surface area (Å²) in [6.45, 7) is 3.65. The van der Waals surface area contributed by atoms with Crippen LogP contribution in [0.15, 0.2) is 47.4 Å². The van der Waals surface area contributed by atoms with Crippen molar-refractivity contribution >= 4 is 21.6 Å². The molecule has 0 spiro atoms.